The molecule has 132 valence electrons. The Morgan fingerprint density at radius 3 is 2.73 bits per heavy atom. The van der Waals surface area contributed by atoms with Crippen molar-refractivity contribution in [1.82, 2.24) is 5.16 Å². The van der Waals surface area contributed by atoms with Gasteiger partial charge in [-0.05, 0) is 37.1 Å². The van der Waals surface area contributed by atoms with Gasteiger partial charge in [0.05, 0.1) is 28.9 Å². The Kier molecular flexibility index (Phi) is 4.17. The number of aromatic nitrogens is 1. The molecule has 2 aromatic carbocycles. The highest BCUT2D eigenvalue weighted by atomic mass is 35.5. The van der Waals surface area contributed by atoms with Gasteiger partial charge in [0, 0.05) is 11.6 Å². The van der Waals surface area contributed by atoms with Crippen LogP contribution >= 0.6 is 11.6 Å². The van der Waals surface area contributed by atoms with E-state index >= 15 is 0 Å². The minimum atomic E-state index is -0.653. The number of benzene rings is 2. The molecule has 1 fully saturated rings. The predicted octanol–water partition coefficient (Wildman–Crippen LogP) is 4.67. The van der Waals surface area contributed by atoms with Crippen LogP contribution in [-0.2, 0) is 10.2 Å². The van der Waals surface area contributed by atoms with Crippen molar-refractivity contribution < 1.29 is 14.1 Å². The molecule has 1 saturated carbocycles. The summed E-state index contributed by atoms with van der Waals surface area (Å²) in [5, 5.41) is 7.57. The summed E-state index contributed by atoms with van der Waals surface area (Å²) in [4.78, 5) is 12.8. The Morgan fingerprint density at radius 1 is 1.19 bits per heavy atom. The lowest BCUT2D eigenvalue weighted by atomic mass is 10.00. The molecule has 1 aromatic heterocycles. The third kappa shape index (κ3) is 2.95. The van der Waals surface area contributed by atoms with Crippen molar-refractivity contribution in [1.29, 1.82) is 0 Å². The summed E-state index contributed by atoms with van der Waals surface area (Å²) in [5.41, 5.74) is 1.44. The minimum Gasteiger partial charge on any atom is -0.497 e. The SMILES string of the molecule is COc1cccc(-c2cc(C3(C(=O)Nc4ccccc4Cl)CC3)no2)c1. The normalized spacial score (nSPS) is 14.7. The number of nitrogens with zero attached hydrogens (tertiary/aromatic N) is 1. The van der Waals surface area contributed by atoms with E-state index in [2.05, 4.69) is 10.5 Å². The number of ether oxygens (including phenoxy) is 1. The first-order chi connectivity index (χ1) is 12.6. The first-order valence-corrected chi connectivity index (χ1v) is 8.68. The maximum Gasteiger partial charge on any atom is 0.236 e. The molecule has 0 bridgehead atoms. The third-order valence-corrected chi connectivity index (χ3v) is 4.99. The number of amides is 1. The first kappa shape index (κ1) is 16.7. The van der Waals surface area contributed by atoms with Gasteiger partial charge in [-0.2, -0.15) is 0 Å². The summed E-state index contributed by atoms with van der Waals surface area (Å²) >= 11 is 6.14. The lowest BCUT2D eigenvalue weighted by molar-refractivity contribution is -0.118. The molecular weight excluding hydrogens is 352 g/mol. The number of hydrogen-bond acceptors (Lipinski definition) is 4. The minimum absolute atomic E-state index is 0.115. The number of halogens is 1. The molecule has 0 saturated heterocycles. The third-order valence-electron chi connectivity index (χ3n) is 4.66. The van der Waals surface area contributed by atoms with Gasteiger partial charge in [0.1, 0.15) is 5.75 Å². The van der Waals surface area contributed by atoms with Crippen molar-refractivity contribution in [3.05, 3.63) is 65.3 Å². The number of anilines is 1. The van der Waals surface area contributed by atoms with Crippen LogP contribution in [0.15, 0.2) is 59.1 Å². The Balaban J connectivity index is 1.58. The highest BCUT2D eigenvalue weighted by Gasteiger charge is 2.54. The van der Waals surface area contributed by atoms with Gasteiger partial charge < -0.3 is 14.6 Å². The molecule has 0 aliphatic heterocycles. The number of carbonyl (C=O) groups is 1. The van der Waals surface area contributed by atoms with Crippen LogP contribution in [0.1, 0.15) is 18.5 Å². The molecule has 26 heavy (non-hydrogen) atoms. The zero-order valence-corrected chi connectivity index (χ0v) is 14.9. The van der Waals surface area contributed by atoms with E-state index in [1.165, 1.54) is 0 Å². The molecule has 0 atom stereocenters. The maximum absolute atomic E-state index is 12.8. The van der Waals surface area contributed by atoms with Crippen LogP contribution in [0, 0.1) is 0 Å². The average Bonchev–Trinajstić information content (AvgIpc) is 3.33. The van der Waals surface area contributed by atoms with Crippen molar-refractivity contribution in [3.63, 3.8) is 0 Å². The summed E-state index contributed by atoms with van der Waals surface area (Å²) in [6, 6.07) is 16.5. The summed E-state index contributed by atoms with van der Waals surface area (Å²) in [5.74, 6) is 1.23. The van der Waals surface area contributed by atoms with Crippen LogP contribution in [0.4, 0.5) is 5.69 Å². The molecule has 3 aromatic rings. The van der Waals surface area contributed by atoms with E-state index in [0.29, 0.717) is 22.2 Å². The fourth-order valence-corrected chi connectivity index (χ4v) is 3.13. The van der Waals surface area contributed by atoms with E-state index < -0.39 is 5.41 Å². The van der Waals surface area contributed by atoms with E-state index in [9.17, 15) is 4.79 Å². The highest BCUT2D eigenvalue weighted by molar-refractivity contribution is 6.33. The smallest absolute Gasteiger partial charge is 0.236 e. The predicted molar refractivity (Wildman–Crippen MR) is 99.5 cm³/mol. The molecule has 5 nitrogen and oxygen atoms in total. The molecule has 1 aliphatic carbocycles. The second-order valence-corrected chi connectivity index (χ2v) is 6.73. The Bertz CT molecular complexity index is 963. The van der Waals surface area contributed by atoms with Crippen LogP contribution in [-0.4, -0.2) is 18.2 Å². The van der Waals surface area contributed by atoms with Gasteiger partial charge in [-0.3, -0.25) is 4.79 Å². The molecule has 0 unspecified atom stereocenters. The number of methoxy groups -OCH3 is 1. The Hall–Kier alpha value is -2.79. The van der Waals surface area contributed by atoms with Crippen molar-refractivity contribution in [3.8, 4) is 17.1 Å². The van der Waals surface area contributed by atoms with Crippen LogP contribution in [0.25, 0.3) is 11.3 Å². The Labute approximate surface area is 155 Å². The second kappa shape index (κ2) is 6.50. The summed E-state index contributed by atoms with van der Waals surface area (Å²) in [6.45, 7) is 0. The lowest BCUT2D eigenvalue weighted by Gasteiger charge is -2.13. The van der Waals surface area contributed by atoms with Gasteiger partial charge in [0.15, 0.2) is 5.76 Å². The van der Waals surface area contributed by atoms with E-state index in [4.69, 9.17) is 20.9 Å². The van der Waals surface area contributed by atoms with E-state index in [1.807, 2.05) is 42.5 Å². The highest BCUT2D eigenvalue weighted by Crippen LogP contribution is 2.49. The van der Waals surface area contributed by atoms with E-state index in [-0.39, 0.29) is 5.91 Å². The topological polar surface area (TPSA) is 64.4 Å². The number of carbonyl (C=O) groups excluding carboxylic acids is 1. The monoisotopic (exact) mass is 368 g/mol. The van der Waals surface area contributed by atoms with E-state index in [0.717, 1.165) is 24.2 Å². The summed E-state index contributed by atoms with van der Waals surface area (Å²) < 4.78 is 10.7. The Morgan fingerprint density at radius 2 is 2.00 bits per heavy atom. The number of hydrogen-bond donors (Lipinski definition) is 1. The summed E-state index contributed by atoms with van der Waals surface area (Å²) in [6.07, 6.45) is 1.46. The number of nitrogens with one attached hydrogen (secondary N) is 1. The fraction of sp³-hybridized carbons (Fsp3) is 0.200. The second-order valence-electron chi connectivity index (χ2n) is 6.32. The quantitative estimate of drug-likeness (QED) is 0.710. The average molecular weight is 369 g/mol. The van der Waals surface area contributed by atoms with Gasteiger partial charge >= 0.3 is 0 Å². The standard InChI is InChI=1S/C20H17ClN2O3/c1-25-14-6-4-5-13(11-14)17-12-18(23-26-17)20(9-10-20)19(24)22-16-8-3-2-7-15(16)21/h2-8,11-12H,9-10H2,1H3,(H,22,24). The lowest BCUT2D eigenvalue weighted by Crippen LogP contribution is -2.28. The molecule has 0 spiro atoms. The zero-order chi connectivity index (χ0) is 18.1. The number of para-hydroxylation sites is 1. The van der Waals surface area contributed by atoms with Gasteiger partial charge in [-0.25, -0.2) is 0 Å². The molecule has 1 N–H and O–H groups in total. The zero-order valence-electron chi connectivity index (χ0n) is 14.2. The fourth-order valence-electron chi connectivity index (χ4n) is 2.94. The van der Waals surface area contributed by atoms with E-state index in [1.54, 1.807) is 19.2 Å². The van der Waals surface area contributed by atoms with Crippen LogP contribution in [0.3, 0.4) is 0 Å². The molecule has 6 heteroatoms. The first-order valence-electron chi connectivity index (χ1n) is 8.30. The molecular formula is C20H17ClN2O3. The van der Waals surface area contributed by atoms with Gasteiger partial charge in [-0.15, -0.1) is 0 Å². The number of rotatable bonds is 5. The summed E-state index contributed by atoms with van der Waals surface area (Å²) in [7, 11) is 1.61. The molecule has 0 radical (unpaired) electrons. The largest absolute Gasteiger partial charge is 0.497 e. The van der Waals surface area contributed by atoms with Gasteiger partial charge in [0.2, 0.25) is 5.91 Å². The van der Waals surface area contributed by atoms with Crippen molar-refractivity contribution >= 4 is 23.2 Å². The van der Waals surface area contributed by atoms with Crippen LogP contribution < -0.4 is 10.1 Å². The molecule has 1 amide bonds. The van der Waals surface area contributed by atoms with Crippen LogP contribution in [0.2, 0.25) is 5.02 Å². The maximum atomic E-state index is 12.8. The molecule has 4 rings (SSSR count). The van der Waals surface area contributed by atoms with Crippen LogP contribution in [0.5, 0.6) is 5.75 Å². The van der Waals surface area contributed by atoms with Crippen molar-refractivity contribution in [2.45, 2.75) is 18.3 Å². The van der Waals surface area contributed by atoms with Crippen molar-refractivity contribution in [2.24, 2.45) is 0 Å². The van der Waals surface area contributed by atoms with Gasteiger partial charge in [-0.1, -0.05) is 41.0 Å². The molecule has 1 heterocycles. The van der Waals surface area contributed by atoms with Crippen molar-refractivity contribution in [2.75, 3.05) is 12.4 Å². The van der Waals surface area contributed by atoms with Gasteiger partial charge in [0.25, 0.3) is 0 Å². The molecule has 1 aliphatic rings.